The number of furan rings is 1. The number of aryl methyl sites for hydroxylation is 2. The lowest BCUT2D eigenvalue weighted by Crippen LogP contribution is -2.23. The first-order chi connectivity index (χ1) is 8.26. The molecule has 2 aromatic heterocycles. The fourth-order valence-electron chi connectivity index (χ4n) is 1.85. The lowest BCUT2D eigenvalue weighted by Gasteiger charge is -2.14. The number of aromatic nitrogens is 3. The minimum atomic E-state index is 0.0142. The predicted molar refractivity (Wildman–Crippen MR) is 64.6 cm³/mol. The highest BCUT2D eigenvalue weighted by atomic mass is 16.3. The lowest BCUT2D eigenvalue weighted by molar-refractivity contribution is 0.415. The predicted octanol–water partition coefficient (Wildman–Crippen LogP) is 1.67. The Morgan fingerprint density at radius 1 is 1.41 bits per heavy atom. The molecule has 0 saturated carbocycles. The van der Waals surface area contributed by atoms with Crippen molar-refractivity contribution < 1.29 is 4.42 Å². The molecule has 0 saturated heterocycles. The van der Waals surface area contributed by atoms with Gasteiger partial charge in [0.05, 0.1) is 11.9 Å². The van der Waals surface area contributed by atoms with Crippen molar-refractivity contribution >= 4 is 0 Å². The van der Waals surface area contributed by atoms with Crippen LogP contribution in [0.3, 0.4) is 0 Å². The van der Waals surface area contributed by atoms with E-state index in [1.54, 1.807) is 10.9 Å². The van der Waals surface area contributed by atoms with Crippen LogP contribution in [-0.2, 0) is 13.5 Å². The van der Waals surface area contributed by atoms with Gasteiger partial charge in [-0.05, 0) is 18.7 Å². The van der Waals surface area contributed by atoms with E-state index >= 15 is 0 Å². The van der Waals surface area contributed by atoms with E-state index in [-0.39, 0.29) is 6.04 Å². The topological polar surface area (TPSA) is 55.9 Å². The van der Waals surface area contributed by atoms with E-state index in [1.807, 2.05) is 19.2 Å². The molecule has 5 nitrogen and oxygen atoms in total. The normalized spacial score (nSPS) is 12.9. The third-order valence-electron chi connectivity index (χ3n) is 2.77. The first-order valence-corrected chi connectivity index (χ1v) is 5.92. The van der Waals surface area contributed by atoms with Crippen molar-refractivity contribution in [2.45, 2.75) is 26.3 Å². The maximum Gasteiger partial charge on any atom is 0.127 e. The SMILES string of the molecule is CCNC(c1ccc(CC)o1)c1cnnn1C. The summed E-state index contributed by atoms with van der Waals surface area (Å²) in [4.78, 5) is 0. The Labute approximate surface area is 101 Å². The molecule has 0 aliphatic carbocycles. The summed E-state index contributed by atoms with van der Waals surface area (Å²) in [6, 6.07) is 4.04. The molecule has 0 bridgehead atoms. The Balaban J connectivity index is 2.32. The Bertz CT molecular complexity index is 474. The molecule has 17 heavy (non-hydrogen) atoms. The van der Waals surface area contributed by atoms with E-state index in [0.29, 0.717) is 0 Å². The fourth-order valence-corrected chi connectivity index (χ4v) is 1.85. The number of nitrogens with zero attached hydrogens (tertiary/aromatic N) is 3. The zero-order valence-electron chi connectivity index (χ0n) is 10.5. The largest absolute Gasteiger partial charge is 0.464 e. The smallest absolute Gasteiger partial charge is 0.127 e. The van der Waals surface area contributed by atoms with Crippen LogP contribution in [0.1, 0.15) is 37.1 Å². The summed E-state index contributed by atoms with van der Waals surface area (Å²) in [5.74, 6) is 1.91. The van der Waals surface area contributed by atoms with Crippen LogP contribution in [0.5, 0.6) is 0 Å². The molecular formula is C12H18N4O. The molecule has 1 atom stereocenters. The van der Waals surface area contributed by atoms with Gasteiger partial charge in [-0.1, -0.05) is 19.1 Å². The maximum atomic E-state index is 5.79. The molecule has 0 aliphatic heterocycles. The van der Waals surface area contributed by atoms with E-state index in [2.05, 4.69) is 29.5 Å². The van der Waals surface area contributed by atoms with Crippen LogP contribution in [-0.4, -0.2) is 21.5 Å². The Hall–Kier alpha value is -1.62. The molecule has 2 rings (SSSR count). The molecule has 0 aliphatic rings. The third-order valence-corrected chi connectivity index (χ3v) is 2.77. The first kappa shape index (κ1) is 11.9. The monoisotopic (exact) mass is 234 g/mol. The number of nitrogens with one attached hydrogen (secondary N) is 1. The summed E-state index contributed by atoms with van der Waals surface area (Å²) in [5.41, 5.74) is 1.00. The number of hydrogen-bond donors (Lipinski definition) is 1. The zero-order valence-corrected chi connectivity index (χ0v) is 10.5. The van der Waals surface area contributed by atoms with Gasteiger partial charge in [-0.25, -0.2) is 0 Å². The van der Waals surface area contributed by atoms with Gasteiger partial charge in [0.15, 0.2) is 0 Å². The van der Waals surface area contributed by atoms with Crippen molar-refractivity contribution in [3.63, 3.8) is 0 Å². The standard InChI is InChI=1S/C12H18N4O/c1-4-9-6-7-11(17-9)12(13-5-2)10-8-14-15-16(10)3/h6-8,12-13H,4-5H2,1-3H3. The van der Waals surface area contributed by atoms with Crippen molar-refractivity contribution in [1.82, 2.24) is 20.3 Å². The van der Waals surface area contributed by atoms with Gasteiger partial charge in [-0.15, -0.1) is 5.10 Å². The van der Waals surface area contributed by atoms with Gasteiger partial charge in [0.25, 0.3) is 0 Å². The lowest BCUT2D eigenvalue weighted by atomic mass is 10.1. The fraction of sp³-hybridized carbons (Fsp3) is 0.500. The molecule has 92 valence electrons. The molecule has 2 aromatic rings. The molecule has 1 unspecified atom stereocenters. The third kappa shape index (κ3) is 2.39. The van der Waals surface area contributed by atoms with Crippen molar-refractivity contribution in [3.05, 3.63) is 35.5 Å². The zero-order chi connectivity index (χ0) is 12.3. The highest BCUT2D eigenvalue weighted by Crippen LogP contribution is 2.23. The van der Waals surface area contributed by atoms with Gasteiger partial charge in [-0.2, -0.15) is 0 Å². The van der Waals surface area contributed by atoms with Crippen LogP contribution >= 0.6 is 0 Å². The average Bonchev–Trinajstić information content (AvgIpc) is 2.95. The quantitative estimate of drug-likeness (QED) is 0.855. The van der Waals surface area contributed by atoms with E-state index in [0.717, 1.165) is 30.2 Å². The minimum Gasteiger partial charge on any atom is -0.464 e. The molecule has 0 aromatic carbocycles. The van der Waals surface area contributed by atoms with Crippen LogP contribution in [0.4, 0.5) is 0 Å². The number of rotatable bonds is 5. The van der Waals surface area contributed by atoms with Crippen molar-refractivity contribution in [1.29, 1.82) is 0 Å². The molecule has 5 heteroatoms. The van der Waals surface area contributed by atoms with Gasteiger partial charge in [0.1, 0.15) is 17.6 Å². The first-order valence-electron chi connectivity index (χ1n) is 5.92. The van der Waals surface area contributed by atoms with E-state index in [1.165, 1.54) is 0 Å². The highest BCUT2D eigenvalue weighted by molar-refractivity contribution is 5.20. The molecular weight excluding hydrogens is 216 g/mol. The van der Waals surface area contributed by atoms with Gasteiger partial charge < -0.3 is 9.73 Å². The number of hydrogen-bond acceptors (Lipinski definition) is 4. The van der Waals surface area contributed by atoms with E-state index in [9.17, 15) is 0 Å². The summed E-state index contributed by atoms with van der Waals surface area (Å²) >= 11 is 0. The molecule has 2 heterocycles. The van der Waals surface area contributed by atoms with Gasteiger partial charge >= 0.3 is 0 Å². The summed E-state index contributed by atoms with van der Waals surface area (Å²) in [6.07, 6.45) is 2.67. The molecule has 0 amide bonds. The molecule has 1 N–H and O–H groups in total. The minimum absolute atomic E-state index is 0.0142. The maximum absolute atomic E-state index is 5.79. The van der Waals surface area contributed by atoms with Gasteiger partial charge in [-0.3, -0.25) is 4.68 Å². The van der Waals surface area contributed by atoms with Crippen molar-refractivity contribution in [3.8, 4) is 0 Å². The van der Waals surface area contributed by atoms with Crippen molar-refractivity contribution in [2.75, 3.05) is 6.54 Å². The molecule has 0 fully saturated rings. The van der Waals surface area contributed by atoms with Crippen molar-refractivity contribution in [2.24, 2.45) is 7.05 Å². The van der Waals surface area contributed by atoms with Gasteiger partial charge in [0, 0.05) is 13.5 Å². The second-order valence-electron chi connectivity index (χ2n) is 3.93. The Morgan fingerprint density at radius 3 is 2.76 bits per heavy atom. The molecule has 0 spiro atoms. The second kappa shape index (κ2) is 5.14. The van der Waals surface area contributed by atoms with E-state index in [4.69, 9.17) is 4.42 Å². The van der Waals surface area contributed by atoms with Gasteiger partial charge in [0.2, 0.25) is 0 Å². The second-order valence-corrected chi connectivity index (χ2v) is 3.93. The Kier molecular flexibility index (Phi) is 3.58. The average molecular weight is 234 g/mol. The highest BCUT2D eigenvalue weighted by Gasteiger charge is 2.20. The summed E-state index contributed by atoms with van der Waals surface area (Å²) in [7, 11) is 1.89. The summed E-state index contributed by atoms with van der Waals surface area (Å²) < 4.78 is 7.56. The van der Waals surface area contributed by atoms with Crippen LogP contribution in [0.15, 0.2) is 22.7 Å². The van der Waals surface area contributed by atoms with Crippen LogP contribution in [0.25, 0.3) is 0 Å². The van der Waals surface area contributed by atoms with Crippen LogP contribution in [0.2, 0.25) is 0 Å². The van der Waals surface area contributed by atoms with Crippen LogP contribution in [0, 0.1) is 0 Å². The summed E-state index contributed by atoms with van der Waals surface area (Å²) in [6.45, 7) is 5.01. The van der Waals surface area contributed by atoms with Crippen LogP contribution < -0.4 is 5.32 Å². The van der Waals surface area contributed by atoms with E-state index < -0.39 is 0 Å². The Morgan fingerprint density at radius 2 is 2.24 bits per heavy atom. The molecule has 0 radical (unpaired) electrons. The summed E-state index contributed by atoms with van der Waals surface area (Å²) in [5, 5.41) is 11.3.